The van der Waals surface area contributed by atoms with Gasteiger partial charge in [-0.2, -0.15) is 0 Å². The summed E-state index contributed by atoms with van der Waals surface area (Å²) in [5.74, 6) is 0.159. The lowest BCUT2D eigenvalue weighted by molar-refractivity contribution is -0.138. The minimum Gasteiger partial charge on any atom is -0.384 e. The zero-order chi connectivity index (χ0) is 21.4. The smallest absolute Gasteiger partial charge is 0.245 e. The van der Waals surface area contributed by atoms with E-state index in [-0.39, 0.29) is 17.7 Å². The van der Waals surface area contributed by atoms with Gasteiger partial charge in [0.2, 0.25) is 11.8 Å². The van der Waals surface area contributed by atoms with E-state index in [1.807, 2.05) is 37.8 Å². The molecule has 1 fully saturated rings. The molecular formula is C23H34N2O4. The number of nitrogens with one attached hydrogen (secondary N) is 1. The molecule has 1 atom stereocenters. The van der Waals surface area contributed by atoms with E-state index in [4.69, 9.17) is 4.74 Å². The fourth-order valence-corrected chi connectivity index (χ4v) is 3.75. The van der Waals surface area contributed by atoms with Crippen molar-refractivity contribution in [2.75, 3.05) is 26.8 Å². The lowest BCUT2D eigenvalue weighted by Crippen LogP contribution is -2.51. The number of carbonyl (C=O) groups is 3. The number of piperidine rings is 1. The Balaban J connectivity index is 2.00. The number of rotatable bonds is 9. The number of nitrogens with zero attached hydrogens (tertiary/aromatic N) is 1. The van der Waals surface area contributed by atoms with Gasteiger partial charge < -0.3 is 15.0 Å². The van der Waals surface area contributed by atoms with Crippen molar-refractivity contribution in [3.63, 3.8) is 0 Å². The first kappa shape index (κ1) is 23.1. The normalized spacial score (nSPS) is 16.0. The zero-order valence-electron chi connectivity index (χ0n) is 18.1. The molecule has 29 heavy (non-hydrogen) atoms. The Hall–Kier alpha value is -2.21. The van der Waals surface area contributed by atoms with E-state index in [9.17, 15) is 14.4 Å². The Bertz CT molecular complexity index is 709. The van der Waals surface area contributed by atoms with Gasteiger partial charge in [0.05, 0.1) is 6.61 Å². The molecule has 1 N–H and O–H groups in total. The lowest BCUT2D eigenvalue weighted by atomic mass is 9.87. The van der Waals surface area contributed by atoms with Crippen LogP contribution in [-0.2, 0) is 20.7 Å². The van der Waals surface area contributed by atoms with E-state index < -0.39 is 6.04 Å². The molecule has 0 aromatic heterocycles. The van der Waals surface area contributed by atoms with Crippen LogP contribution < -0.4 is 5.32 Å². The minimum absolute atomic E-state index is 0.0111. The molecule has 1 aliphatic rings. The number of carbonyl (C=O) groups excluding carboxylic acids is 3. The second-order valence-corrected chi connectivity index (χ2v) is 8.04. The van der Waals surface area contributed by atoms with Gasteiger partial charge in [-0.15, -0.1) is 0 Å². The van der Waals surface area contributed by atoms with Crippen LogP contribution in [0, 0.1) is 5.92 Å². The molecule has 1 aromatic rings. The third kappa shape index (κ3) is 6.13. The fourth-order valence-electron chi connectivity index (χ4n) is 3.75. The number of hydrogen-bond donors (Lipinski definition) is 1. The third-order valence-electron chi connectivity index (χ3n) is 5.69. The molecular weight excluding hydrogens is 368 g/mol. The van der Waals surface area contributed by atoms with Gasteiger partial charge in [-0.1, -0.05) is 39.0 Å². The molecule has 1 aromatic carbocycles. The Morgan fingerprint density at radius 2 is 1.97 bits per heavy atom. The molecule has 6 heteroatoms. The first-order valence-corrected chi connectivity index (χ1v) is 10.6. The summed E-state index contributed by atoms with van der Waals surface area (Å²) in [6.45, 7) is 7.52. The van der Waals surface area contributed by atoms with Crippen LogP contribution in [0.1, 0.15) is 67.4 Å². The van der Waals surface area contributed by atoms with Gasteiger partial charge in [0.15, 0.2) is 0 Å². The number of amides is 2. The minimum atomic E-state index is -0.450. The zero-order valence-corrected chi connectivity index (χ0v) is 18.1. The summed E-state index contributed by atoms with van der Waals surface area (Å²) >= 11 is 0. The van der Waals surface area contributed by atoms with Gasteiger partial charge in [0.1, 0.15) is 12.3 Å². The maximum absolute atomic E-state index is 12.8. The van der Waals surface area contributed by atoms with E-state index in [0.29, 0.717) is 44.0 Å². The van der Waals surface area contributed by atoms with Gasteiger partial charge >= 0.3 is 0 Å². The molecule has 6 nitrogen and oxygen atoms in total. The molecule has 1 saturated heterocycles. The second-order valence-electron chi connectivity index (χ2n) is 8.04. The monoisotopic (exact) mass is 402 g/mol. The summed E-state index contributed by atoms with van der Waals surface area (Å²) < 4.78 is 5.16. The van der Waals surface area contributed by atoms with E-state index in [0.717, 1.165) is 24.7 Å². The largest absolute Gasteiger partial charge is 0.384 e. The van der Waals surface area contributed by atoms with Gasteiger partial charge in [-0.05, 0) is 42.7 Å². The number of benzene rings is 1. The number of hydrogen-bond acceptors (Lipinski definition) is 4. The van der Waals surface area contributed by atoms with Crippen molar-refractivity contribution in [2.24, 2.45) is 5.92 Å². The molecule has 2 rings (SSSR count). The maximum Gasteiger partial charge on any atom is 0.245 e. The highest BCUT2D eigenvalue weighted by Gasteiger charge is 2.29. The van der Waals surface area contributed by atoms with E-state index in [2.05, 4.69) is 11.4 Å². The highest BCUT2D eigenvalue weighted by molar-refractivity contribution is 5.88. The van der Waals surface area contributed by atoms with Crippen molar-refractivity contribution in [1.29, 1.82) is 0 Å². The third-order valence-corrected chi connectivity index (χ3v) is 5.69. The lowest BCUT2D eigenvalue weighted by Gasteiger charge is -2.34. The quantitative estimate of drug-likeness (QED) is 0.645. The second kappa shape index (κ2) is 11.1. The Morgan fingerprint density at radius 3 is 2.52 bits per heavy atom. The first-order valence-electron chi connectivity index (χ1n) is 10.6. The number of ether oxygens (including phenoxy) is 1. The topological polar surface area (TPSA) is 75.7 Å². The molecule has 0 radical (unpaired) electrons. The Morgan fingerprint density at radius 1 is 1.28 bits per heavy atom. The van der Waals surface area contributed by atoms with Crippen LogP contribution in [0.2, 0.25) is 0 Å². The molecule has 160 valence electrons. The van der Waals surface area contributed by atoms with Gasteiger partial charge in [0, 0.05) is 31.7 Å². The van der Waals surface area contributed by atoms with Crippen molar-refractivity contribution in [2.45, 2.75) is 58.4 Å². The summed E-state index contributed by atoms with van der Waals surface area (Å²) in [7, 11) is 1.66. The summed E-state index contributed by atoms with van der Waals surface area (Å²) in [5, 5.41) is 2.87. The average Bonchev–Trinajstić information content (AvgIpc) is 2.75. The van der Waals surface area contributed by atoms with Crippen LogP contribution >= 0.6 is 0 Å². The SMILES string of the molecule is CCC(NC(=O)C(C)C)C(=O)N1CCC(c2ccc(C=O)c(CCOC)c2)CC1. The molecule has 1 unspecified atom stereocenters. The van der Waals surface area contributed by atoms with Crippen molar-refractivity contribution in [3.8, 4) is 0 Å². The Kier molecular flexibility index (Phi) is 8.83. The van der Waals surface area contributed by atoms with E-state index in [1.165, 1.54) is 5.56 Å². The standard InChI is InChI=1S/C23H34N2O4/c1-5-21(24-22(27)16(2)3)23(28)25-11-8-17(9-12-25)18-6-7-20(15-26)19(14-18)10-13-29-4/h6-7,14-17,21H,5,8-13H2,1-4H3,(H,24,27). The maximum atomic E-state index is 12.8. The summed E-state index contributed by atoms with van der Waals surface area (Å²) in [6, 6.07) is 5.58. The molecule has 2 amide bonds. The number of likely N-dealkylation sites (tertiary alicyclic amines) is 1. The van der Waals surface area contributed by atoms with Crippen LogP contribution in [0.4, 0.5) is 0 Å². The molecule has 1 aliphatic heterocycles. The first-order chi connectivity index (χ1) is 13.9. The predicted molar refractivity (Wildman–Crippen MR) is 113 cm³/mol. The molecule has 0 saturated carbocycles. The van der Waals surface area contributed by atoms with E-state index >= 15 is 0 Å². The van der Waals surface area contributed by atoms with Crippen LogP contribution in [0.5, 0.6) is 0 Å². The Labute approximate surface area is 174 Å². The highest BCUT2D eigenvalue weighted by Crippen LogP contribution is 2.30. The fraction of sp³-hybridized carbons (Fsp3) is 0.609. The molecule has 0 aliphatic carbocycles. The van der Waals surface area contributed by atoms with Gasteiger partial charge in [0.25, 0.3) is 0 Å². The number of aldehydes is 1. The molecule has 1 heterocycles. The summed E-state index contributed by atoms with van der Waals surface area (Å²) in [6.07, 6.45) is 3.96. The molecule has 0 spiro atoms. The molecule has 0 bridgehead atoms. The van der Waals surface area contributed by atoms with Crippen LogP contribution in [0.25, 0.3) is 0 Å². The van der Waals surface area contributed by atoms with Gasteiger partial charge in [-0.3, -0.25) is 14.4 Å². The average molecular weight is 403 g/mol. The van der Waals surface area contributed by atoms with Crippen molar-refractivity contribution >= 4 is 18.1 Å². The van der Waals surface area contributed by atoms with Crippen LogP contribution in [-0.4, -0.2) is 55.8 Å². The van der Waals surface area contributed by atoms with Crippen molar-refractivity contribution < 1.29 is 19.1 Å². The predicted octanol–water partition coefficient (Wildman–Crippen LogP) is 2.94. The number of methoxy groups -OCH3 is 1. The summed E-state index contributed by atoms with van der Waals surface area (Å²) in [5.41, 5.74) is 2.94. The van der Waals surface area contributed by atoms with Gasteiger partial charge in [-0.25, -0.2) is 0 Å². The van der Waals surface area contributed by atoms with E-state index in [1.54, 1.807) is 7.11 Å². The van der Waals surface area contributed by atoms with Crippen molar-refractivity contribution in [1.82, 2.24) is 10.2 Å². The highest BCUT2D eigenvalue weighted by atomic mass is 16.5. The van der Waals surface area contributed by atoms with Crippen LogP contribution in [0.3, 0.4) is 0 Å². The summed E-state index contributed by atoms with van der Waals surface area (Å²) in [4.78, 5) is 38.0. The van der Waals surface area contributed by atoms with Crippen LogP contribution in [0.15, 0.2) is 18.2 Å². The van der Waals surface area contributed by atoms with Crippen molar-refractivity contribution in [3.05, 3.63) is 34.9 Å².